The Morgan fingerprint density at radius 1 is 1.24 bits per heavy atom. The molecule has 0 aliphatic carbocycles. The van der Waals surface area contributed by atoms with Gasteiger partial charge in [0.2, 0.25) is 5.90 Å². The maximum Gasteiger partial charge on any atom is 0.363 e. The van der Waals surface area contributed by atoms with Crippen LogP contribution in [0, 0.1) is 10.1 Å². The Balaban J connectivity index is 1.89. The van der Waals surface area contributed by atoms with E-state index < -0.39 is 10.9 Å². The molecule has 6 nitrogen and oxygen atoms in total. The van der Waals surface area contributed by atoms with E-state index in [0.717, 1.165) is 4.88 Å². The summed E-state index contributed by atoms with van der Waals surface area (Å²) in [6.45, 7) is 0. The van der Waals surface area contributed by atoms with Gasteiger partial charge in [0.15, 0.2) is 5.70 Å². The number of rotatable bonds is 3. The molecule has 0 amide bonds. The molecule has 3 rings (SSSR count). The van der Waals surface area contributed by atoms with Gasteiger partial charge in [-0.15, -0.1) is 11.3 Å². The van der Waals surface area contributed by atoms with Gasteiger partial charge in [0.1, 0.15) is 0 Å². The molecule has 0 spiro atoms. The Labute approximate surface area is 123 Å². The molecular weight excluding hydrogens is 292 g/mol. The predicted octanol–water partition coefficient (Wildman–Crippen LogP) is 3.00. The third kappa shape index (κ3) is 2.72. The largest absolute Gasteiger partial charge is 0.402 e. The van der Waals surface area contributed by atoms with Gasteiger partial charge < -0.3 is 4.74 Å². The van der Waals surface area contributed by atoms with Crippen LogP contribution in [0.5, 0.6) is 0 Å². The second-order valence-corrected chi connectivity index (χ2v) is 5.13. The van der Waals surface area contributed by atoms with Gasteiger partial charge in [-0.25, -0.2) is 9.79 Å². The number of nitrogens with zero attached hydrogens (tertiary/aromatic N) is 2. The zero-order valence-corrected chi connectivity index (χ0v) is 11.4. The summed E-state index contributed by atoms with van der Waals surface area (Å²) in [6, 6.07) is 9.42. The summed E-state index contributed by atoms with van der Waals surface area (Å²) in [4.78, 5) is 26.9. The molecule has 1 aromatic heterocycles. The van der Waals surface area contributed by atoms with Crippen LogP contribution in [0.3, 0.4) is 0 Å². The summed E-state index contributed by atoms with van der Waals surface area (Å²) in [5.41, 5.74) is 0.701. The van der Waals surface area contributed by atoms with Crippen molar-refractivity contribution in [3.63, 3.8) is 0 Å². The highest BCUT2D eigenvalue weighted by molar-refractivity contribution is 7.10. The fourth-order valence-electron chi connectivity index (χ4n) is 1.77. The minimum Gasteiger partial charge on any atom is -0.402 e. The number of hydrogen-bond acceptors (Lipinski definition) is 6. The Kier molecular flexibility index (Phi) is 3.33. The monoisotopic (exact) mass is 300 g/mol. The fourth-order valence-corrected chi connectivity index (χ4v) is 2.42. The first kappa shape index (κ1) is 13.2. The topological polar surface area (TPSA) is 81.8 Å². The minimum atomic E-state index is -0.531. The van der Waals surface area contributed by atoms with Crippen LogP contribution in [-0.4, -0.2) is 16.8 Å². The molecular formula is C14H8N2O4S. The molecule has 0 bridgehead atoms. The van der Waals surface area contributed by atoms with E-state index in [4.69, 9.17) is 4.74 Å². The van der Waals surface area contributed by atoms with Crippen LogP contribution in [0.2, 0.25) is 0 Å². The number of nitro groups is 1. The normalized spacial score (nSPS) is 15.9. The van der Waals surface area contributed by atoms with E-state index in [0.29, 0.717) is 5.56 Å². The zero-order valence-electron chi connectivity index (χ0n) is 10.6. The van der Waals surface area contributed by atoms with Crippen molar-refractivity contribution in [1.82, 2.24) is 0 Å². The number of carbonyl (C=O) groups is 1. The van der Waals surface area contributed by atoms with Crippen LogP contribution in [0.25, 0.3) is 6.08 Å². The highest BCUT2D eigenvalue weighted by Crippen LogP contribution is 2.22. The number of thiophene rings is 1. The van der Waals surface area contributed by atoms with Crippen molar-refractivity contribution >= 4 is 35.0 Å². The molecule has 2 heterocycles. The van der Waals surface area contributed by atoms with Crippen LogP contribution in [-0.2, 0) is 9.53 Å². The first-order valence-electron chi connectivity index (χ1n) is 5.94. The van der Waals surface area contributed by atoms with E-state index in [1.54, 1.807) is 6.08 Å². The van der Waals surface area contributed by atoms with E-state index >= 15 is 0 Å². The van der Waals surface area contributed by atoms with E-state index in [2.05, 4.69) is 4.99 Å². The summed E-state index contributed by atoms with van der Waals surface area (Å²) < 4.78 is 5.09. The van der Waals surface area contributed by atoms with Crippen LogP contribution < -0.4 is 0 Å². The molecule has 7 heteroatoms. The number of nitro benzene ring substituents is 1. The highest BCUT2D eigenvalue weighted by Gasteiger charge is 2.24. The van der Waals surface area contributed by atoms with Crippen LogP contribution in [0.4, 0.5) is 5.69 Å². The summed E-state index contributed by atoms with van der Waals surface area (Å²) in [5, 5.41) is 12.5. The number of aliphatic imine (C=N–C) groups is 1. The lowest BCUT2D eigenvalue weighted by Gasteiger charge is -1.98. The summed E-state index contributed by atoms with van der Waals surface area (Å²) in [5.74, 6) is -0.380. The van der Waals surface area contributed by atoms with Gasteiger partial charge in [0.05, 0.1) is 4.92 Å². The van der Waals surface area contributed by atoms with Crippen molar-refractivity contribution in [2.75, 3.05) is 0 Å². The van der Waals surface area contributed by atoms with E-state index in [9.17, 15) is 14.9 Å². The molecule has 2 aromatic rings. The molecule has 0 saturated heterocycles. The lowest BCUT2D eigenvalue weighted by atomic mass is 10.2. The number of benzene rings is 1. The van der Waals surface area contributed by atoms with Crippen molar-refractivity contribution in [3.8, 4) is 0 Å². The Bertz CT molecular complexity index is 761. The molecule has 104 valence electrons. The summed E-state index contributed by atoms with van der Waals surface area (Å²) in [6.07, 6.45) is 1.64. The number of cyclic esters (lactones) is 1. The lowest BCUT2D eigenvalue weighted by Crippen LogP contribution is -2.05. The average Bonchev–Trinajstić information content (AvgIpc) is 3.10. The number of carbonyl (C=O) groups excluding carboxylic acids is 1. The van der Waals surface area contributed by atoms with Crippen molar-refractivity contribution in [3.05, 3.63) is 68.0 Å². The summed E-state index contributed by atoms with van der Waals surface area (Å²) in [7, 11) is 0. The SMILES string of the molecule is O=C1OC(c2ccc([N+](=O)[O-])cc2)=NC1=Cc1cccs1. The number of ether oxygens (including phenoxy) is 1. The molecule has 0 unspecified atom stereocenters. The van der Waals surface area contributed by atoms with E-state index in [-0.39, 0.29) is 17.3 Å². The second kappa shape index (κ2) is 5.29. The van der Waals surface area contributed by atoms with Crippen molar-refractivity contribution in [2.45, 2.75) is 0 Å². The zero-order chi connectivity index (χ0) is 14.8. The lowest BCUT2D eigenvalue weighted by molar-refractivity contribution is -0.384. The van der Waals surface area contributed by atoms with Crippen LogP contribution in [0.15, 0.2) is 52.5 Å². The smallest absolute Gasteiger partial charge is 0.363 e. The van der Waals surface area contributed by atoms with Gasteiger partial charge in [0, 0.05) is 22.6 Å². The van der Waals surface area contributed by atoms with Crippen molar-refractivity contribution in [1.29, 1.82) is 0 Å². The summed E-state index contributed by atoms with van der Waals surface area (Å²) >= 11 is 1.49. The van der Waals surface area contributed by atoms with Crippen LogP contribution >= 0.6 is 11.3 Å². The average molecular weight is 300 g/mol. The van der Waals surface area contributed by atoms with Crippen molar-refractivity contribution in [2.24, 2.45) is 4.99 Å². The first-order valence-corrected chi connectivity index (χ1v) is 6.82. The molecule has 0 atom stereocenters. The molecule has 0 fully saturated rings. The third-order valence-electron chi connectivity index (χ3n) is 2.77. The maximum atomic E-state index is 11.8. The van der Waals surface area contributed by atoms with Gasteiger partial charge in [-0.3, -0.25) is 10.1 Å². The number of non-ortho nitro benzene ring substituents is 1. The molecule has 0 N–H and O–H groups in total. The Hall–Kier alpha value is -2.80. The third-order valence-corrected chi connectivity index (χ3v) is 3.59. The van der Waals surface area contributed by atoms with E-state index in [1.807, 2.05) is 17.5 Å². The van der Waals surface area contributed by atoms with Gasteiger partial charge in [-0.2, -0.15) is 0 Å². The molecule has 21 heavy (non-hydrogen) atoms. The van der Waals surface area contributed by atoms with Crippen molar-refractivity contribution < 1.29 is 14.5 Å². The Morgan fingerprint density at radius 3 is 2.62 bits per heavy atom. The van der Waals surface area contributed by atoms with Gasteiger partial charge in [-0.05, 0) is 29.7 Å². The predicted molar refractivity (Wildman–Crippen MR) is 78.0 cm³/mol. The standard InChI is InChI=1S/C14H8N2O4S/c17-14-12(8-11-2-1-7-21-11)15-13(20-14)9-3-5-10(6-4-9)16(18)19/h1-8H. The maximum absolute atomic E-state index is 11.8. The van der Waals surface area contributed by atoms with Gasteiger partial charge in [-0.1, -0.05) is 6.07 Å². The van der Waals surface area contributed by atoms with Crippen LogP contribution in [0.1, 0.15) is 10.4 Å². The second-order valence-electron chi connectivity index (χ2n) is 4.16. The molecule has 1 aliphatic rings. The molecule has 0 saturated carbocycles. The highest BCUT2D eigenvalue weighted by atomic mass is 32.1. The molecule has 1 aromatic carbocycles. The minimum absolute atomic E-state index is 0.0296. The van der Waals surface area contributed by atoms with Gasteiger partial charge >= 0.3 is 5.97 Å². The van der Waals surface area contributed by atoms with Gasteiger partial charge in [0.25, 0.3) is 5.69 Å². The fraction of sp³-hybridized carbons (Fsp3) is 0. The molecule has 1 aliphatic heterocycles. The quantitative estimate of drug-likeness (QED) is 0.377. The number of esters is 1. The van der Waals surface area contributed by atoms with E-state index in [1.165, 1.54) is 35.6 Å². The molecule has 0 radical (unpaired) electrons. The number of hydrogen-bond donors (Lipinski definition) is 0. The Morgan fingerprint density at radius 2 is 2.00 bits per heavy atom. The first-order chi connectivity index (χ1) is 10.1.